The van der Waals surface area contributed by atoms with Crippen LogP contribution in [0.2, 0.25) is 5.02 Å². The second-order valence-electron chi connectivity index (χ2n) is 4.01. The van der Waals surface area contributed by atoms with Crippen LogP contribution in [0.25, 0.3) is 0 Å². The molecular formula is C14H16ClN2+. The fourth-order valence-electron chi connectivity index (χ4n) is 1.71. The van der Waals surface area contributed by atoms with E-state index in [1.165, 1.54) is 11.1 Å². The van der Waals surface area contributed by atoms with Crippen LogP contribution in [0, 0.1) is 0 Å². The van der Waals surface area contributed by atoms with Crippen molar-refractivity contribution in [3.05, 3.63) is 64.9 Å². The molecule has 3 heteroatoms. The van der Waals surface area contributed by atoms with Crippen LogP contribution in [-0.4, -0.2) is 11.5 Å². The maximum absolute atomic E-state index is 5.84. The Morgan fingerprint density at radius 3 is 2.35 bits per heavy atom. The minimum atomic E-state index is 0.800. The van der Waals surface area contributed by atoms with Crippen molar-refractivity contribution in [1.82, 2.24) is 4.98 Å². The summed E-state index contributed by atoms with van der Waals surface area (Å²) in [5.74, 6) is 0. The number of hydrogen-bond acceptors (Lipinski definition) is 1. The van der Waals surface area contributed by atoms with Crippen molar-refractivity contribution in [2.24, 2.45) is 0 Å². The molecule has 0 aliphatic heterocycles. The molecule has 1 heterocycles. The van der Waals surface area contributed by atoms with E-state index in [2.05, 4.69) is 34.6 Å². The molecule has 2 nitrogen and oxygen atoms in total. The van der Waals surface area contributed by atoms with Crippen LogP contribution in [0.3, 0.4) is 0 Å². The molecule has 0 amide bonds. The Bertz CT molecular complexity index is 440. The van der Waals surface area contributed by atoms with Gasteiger partial charge in [-0.05, 0) is 29.8 Å². The van der Waals surface area contributed by atoms with Gasteiger partial charge in [-0.2, -0.15) is 0 Å². The highest BCUT2D eigenvalue weighted by Crippen LogP contribution is 2.09. The summed E-state index contributed by atoms with van der Waals surface area (Å²) in [6, 6.07) is 12.2. The summed E-state index contributed by atoms with van der Waals surface area (Å²) in [6.45, 7) is 2.10. The lowest BCUT2D eigenvalue weighted by molar-refractivity contribution is -0.670. The molecule has 88 valence electrons. The second-order valence-corrected chi connectivity index (χ2v) is 4.45. The molecule has 1 aromatic heterocycles. The first-order valence-corrected chi connectivity index (χ1v) is 6.17. The van der Waals surface area contributed by atoms with Gasteiger partial charge in [-0.15, -0.1) is 0 Å². The SMILES string of the molecule is Clc1ccc(CC[NH2+]Cc2ccncc2)cc1. The summed E-state index contributed by atoms with van der Waals surface area (Å²) in [7, 11) is 0. The Hall–Kier alpha value is -1.38. The molecule has 0 unspecified atom stereocenters. The number of pyridine rings is 1. The Balaban J connectivity index is 1.71. The van der Waals surface area contributed by atoms with E-state index in [1.807, 2.05) is 24.5 Å². The van der Waals surface area contributed by atoms with Crippen LogP contribution in [0.4, 0.5) is 0 Å². The van der Waals surface area contributed by atoms with Gasteiger partial charge in [0.15, 0.2) is 0 Å². The number of halogens is 1. The standard InChI is InChI=1S/C14H15ClN2/c15-14-3-1-12(2-4-14)5-10-17-11-13-6-8-16-9-7-13/h1-4,6-9,17H,5,10-11H2/p+1. The van der Waals surface area contributed by atoms with E-state index in [1.54, 1.807) is 0 Å². The molecule has 0 spiro atoms. The lowest BCUT2D eigenvalue weighted by Gasteiger charge is -2.02. The van der Waals surface area contributed by atoms with Crippen molar-refractivity contribution in [1.29, 1.82) is 0 Å². The summed E-state index contributed by atoms with van der Waals surface area (Å²) in [5.41, 5.74) is 2.65. The Kier molecular flexibility index (Phi) is 4.54. The van der Waals surface area contributed by atoms with E-state index in [0.717, 1.165) is 24.5 Å². The quantitative estimate of drug-likeness (QED) is 0.806. The molecule has 0 aliphatic carbocycles. The van der Waals surface area contributed by atoms with E-state index >= 15 is 0 Å². The number of nitrogens with two attached hydrogens (primary N) is 1. The third-order valence-electron chi connectivity index (χ3n) is 2.68. The van der Waals surface area contributed by atoms with Crippen molar-refractivity contribution in [3.8, 4) is 0 Å². The zero-order valence-electron chi connectivity index (χ0n) is 9.64. The third-order valence-corrected chi connectivity index (χ3v) is 2.93. The summed E-state index contributed by atoms with van der Waals surface area (Å²) in [5, 5.41) is 3.11. The monoisotopic (exact) mass is 247 g/mol. The second kappa shape index (κ2) is 6.38. The Morgan fingerprint density at radius 1 is 0.941 bits per heavy atom. The van der Waals surface area contributed by atoms with E-state index < -0.39 is 0 Å². The molecule has 2 aromatic rings. The average molecular weight is 248 g/mol. The van der Waals surface area contributed by atoms with Crippen LogP contribution in [0.15, 0.2) is 48.8 Å². The van der Waals surface area contributed by atoms with Gasteiger partial charge in [0.25, 0.3) is 0 Å². The summed E-state index contributed by atoms with van der Waals surface area (Å²) >= 11 is 5.84. The van der Waals surface area contributed by atoms with Gasteiger partial charge >= 0.3 is 0 Å². The van der Waals surface area contributed by atoms with Crippen molar-refractivity contribution in [2.75, 3.05) is 6.54 Å². The lowest BCUT2D eigenvalue weighted by atomic mass is 10.1. The van der Waals surface area contributed by atoms with Crippen LogP contribution < -0.4 is 5.32 Å². The maximum atomic E-state index is 5.84. The molecule has 17 heavy (non-hydrogen) atoms. The number of aromatic nitrogens is 1. The van der Waals surface area contributed by atoms with Gasteiger partial charge in [-0.3, -0.25) is 4.98 Å². The molecule has 0 saturated heterocycles. The molecule has 1 aromatic carbocycles. The average Bonchev–Trinajstić information content (AvgIpc) is 2.38. The zero-order chi connectivity index (χ0) is 11.9. The largest absolute Gasteiger partial charge is 0.342 e. The van der Waals surface area contributed by atoms with Crippen LogP contribution in [0.5, 0.6) is 0 Å². The number of nitrogens with zero attached hydrogens (tertiary/aromatic N) is 1. The fraction of sp³-hybridized carbons (Fsp3) is 0.214. The lowest BCUT2D eigenvalue weighted by Crippen LogP contribution is -2.83. The van der Waals surface area contributed by atoms with Crippen molar-refractivity contribution < 1.29 is 5.32 Å². The van der Waals surface area contributed by atoms with Crippen molar-refractivity contribution in [3.63, 3.8) is 0 Å². The molecule has 0 saturated carbocycles. The molecule has 0 bridgehead atoms. The third kappa shape index (κ3) is 4.17. The number of rotatable bonds is 5. The van der Waals surface area contributed by atoms with Crippen molar-refractivity contribution >= 4 is 11.6 Å². The summed E-state index contributed by atoms with van der Waals surface area (Å²) in [6.07, 6.45) is 4.74. The highest BCUT2D eigenvalue weighted by atomic mass is 35.5. The first kappa shape index (κ1) is 12.1. The van der Waals surface area contributed by atoms with E-state index in [-0.39, 0.29) is 0 Å². The van der Waals surface area contributed by atoms with Gasteiger partial charge in [-0.25, -0.2) is 0 Å². The Morgan fingerprint density at radius 2 is 1.65 bits per heavy atom. The van der Waals surface area contributed by atoms with Gasteiger partial charge in [-0.1, -0.05) is 23.7 Å². The van der Waals surface area contributed by atoms with E-state index in [9.17, 15) is 0 Å². The molecule has 2 N–H and O–H groups in total. The van der Waals surface area contributed by atoms with Crippen LogP contribution in [-0.2, 0) is 13.0 Å². The van der Waals surface area contributed by atoms with E-state index in [4.69, 9.17) is 11.6 Å². The van der Waals surface area contributed by atoms with Crippen molar-refractivity contribution in [2.45, 2.75) is 13.0 Å². The fourth-order valence-corrected chi connectivity index (χ4v) is 1.83. The van der Waals surface area contributed by atoms with Gasteiger partial charge in [0.2, 0.25) is 0 Å². The number of quaternary nitrogens is 1. The highest BCUT2D eigenvalue weighted by Gasteiger charge is 1.97. The highest BCUT2D eigenvalue weighted by molar-refractivity contribution is 6.30. The predicted molar refractivity (Wildman–Crippen MR) is 69.9 cm³/mol. The molecule has 0 fully saturated rings. The maximum Gasteiger partial charge on any atom is 0.101 e. The number of hydrogen-bond donors (Lipinski definition) is 1. The van der Waals surface area contributed by atoms with Gasteiger partial charge in [0.1, 0.15) is 6.54 Å². The summed E-state index contributed by atoms with van der Waals surface area (Å²) < 4.78 is 0. The molecule has 0 atom stereocenters. The van der Waals surface area contributed by atoms with Gasteiger partial charge < -0.3 is 5.32 Å². The molecule has 0 aliphatic rings. The van der Waals surface area contributed by atoms with Crippen LogP contribution in [0.1, 0.15) is 11.1 Å². The topological polar surface area (TPSA) is 29.5 Å². The summed E-state index contributed by atoms with van der Waals surface area (Å²) in [4.78, 5) is 4.00. The normalized spacial score (nSPS) is 10.4. The molecule has 0 radical (unpaired) electrons. The minimum absolute atomic E-state index is 0.800. The van der Waals surface area contributed by atoms with Crippen LogP contribution >= 0.6 is 11.6 Å². The first-order chi connectivity index (χ1) is 8.34. The molecular weight excluding hydrogens is 232 g/mol. The van der Waals surface area contributed by atoms with Gasteiger partial charge in [0, 0.05) is 29.4 Å². The van der Waals surface area contributed by atoms with Gasteiger partial charge in [0.05, 0.1) is 6.54 Å². The Labute approximate surface area is 107 Å². The first-order valence-electron chi connectivity index (χ1n) is 5.79. The zero-order valence-corrected chi connectivity index (χ0v) is 10.4. The molecule has 2 rings (SSSR count). The number of benzene rings is 1. The smallest absolute Gasteiger partial charge is 0.101 e. The minimum Gasteiger partial charge on any atom is -0.342 e. The van der Waals surface area contributed by atoms with E-state index in [0.29, 0.717) is 0 Å². The predicted octanol–water partition coefficient (Wildman–Crippen LogP) is 2.04.